The molecule has 0 heteroatoms. The van der Waals surface area contributed by atoms with Crippen LogP contribution in [0.15, 0.2) is 11.6 Å². The Morgan fingerprint density at radius 1 is 1.47 bits per heavy atom. The number of allylic oxidation sites excluding steroid dienone is 2. The Balaban J connectivity index is 2.12. The molecule has 15 heavy (non-hydrogen) atoms. The zero-order valence-electron chi connectivity index (χ0n) is 10.7. The first-order valence-electron chi connectivity index (χ1n) is 6.89. The SMILES string of the molecule is CCCC(C)C1=CCC2CCCCC12C. The van der Waals surface area contributed by atoms with E-state index in [0.29, 0.717) is 5.41 Å². The highest BCUT2D eigenvalue weighted by atomic mass is 14.5. The molecule has 0 radical (unpaired) electrons. The van der Waals surface area contributed by atoms with Crippen molar-refractivity contribution in [3.8, 4) is 0 Å². The Bertz CT molecular complexity index is 251. The number of hydrogen-bond acceptors (Lipinski definition) is 0. The maximum absolute atomic E-state index is 2.59. The fourth-order valence-electron chi connectivity index (χ4n) is 4.02. The van der Waals surface area contributed by atoms with Crippen molar-refractivity contribution in [2.24, 2.45) is 17.3 Å². The highest BCUT2D eigenvalue weighted by molar-refractivity contribution is 5.24. The summed E-state index contributed by atoms with van der Waals surface area (Å²) in [5.74, 6) is 1.82. The van der Waals surface area contributed by atoms with Gasteiger partial charge in [0.25, 0.3) is 0 Å². The van der Waals surface area contributed by atoms with Crippen LogP contribution in [0.5, 0.6) is 0 Å². The molecule has 0 aliphatic heterocycles. The van der Waals surface area contributed by atoms with Crippen molar-refractivity contribution in [3.63, 3.8) is 0 Å². The second kappa shape index (κ2) is 4.31. The molecule has 0 heterocycles. The minimum absolute atomic E-state index is 0.590. The van der Waals surface area contributed by atoms with Gasteiger partial charge in [0.05, 0.1) is 0 Å². The average molecular weight is 206 g/mol. The molecule has 0 saturated heterocycles. The van der Waals surface area contributed by atoms with Gasteiger partial charge in [0.1, 0.15) is 0 Å². The van der Waals surface area contributed by atoms with Gasteiger partial charge >= 0.3 is 0 Å². The van der Waals surface area contributed by atoms with Crippen LogP contribution in [0.2, 0.25) is 0 Å². The molecule has 2 rings (SSSR count). The summed E-state index contributed by atoms with van der Waals surface area (Å²) in [4.78, 5) is 0. The third kappa shape index (κ3) is 1.88. The number of hydrogen-bond donors (Lipinski definition) is 0. The number of rotatable bonds is 3. The molecular formula is C15H26. The van der Waals surface area contributed by atoms with Crippen LogP contribution in [-0.4, -0.2) is 0 Å². The van der Waals surface area contributed by atoms with E-state index in [4.69, 9.17) is 0 Å². The molecule has 3 unspecified atom stereocenters. The van der Waals surface area contributed by atoms with Crippen LogP contribution in [0.25, 0.3) is 0 Å². The van der Waals surface area contributed by atoms with E-state index in [-0.39, 0.29) is 0 Å². The van der Waals surface area contributed by atoms with Crippen LogP contribution in [0.4, 0.5) is 0 Å². The zero-order valence-corrected chi connectivity index (χ0v) is 10.7. The van der Waals surface area contributed by atoms with Crippen LogP contribution < -0.4 is 0 Å². The molecule has 0 nitrogen and oxygen atoms in total. The Morgan fingerprint density at radius 3 is 3.00 bits per heavy atom. The van der Waals surface area contributed by atoms with Crippen molar-refractivity contribution in [2.45, 2.75) is 65.7 Å². The predicted molar refractivity (Wildman–Crippen MR) is 66.8 cm³/mol. The van der Waals surface area contributed by atoms with Crippen molar-refractivity contribution >= 4 is 0 Å². The topological polar surface area (TPSA) is 0 Å². The standard InChI is InChI=1S/C15H26/c1-4-7-12(2)14-10-9-13-8-5-6-11-15(13,14)3/h10,12-13H,4-9,11H2,1-3H3. The summed E-state index contributed by atoms with van der Waals surface area (Å²) in [6.45, 7) is 7.30. The minimum Gasteiger partial charge on any atom is -0.0842 e. The first-order valence-corrected chi connectivity index (χ1v) is 6.89. The maximum atomic E-state index is 2.59. The smallest absolute Gasteiger partial charge is 0.00825 e. The molecular weight excluding hydrogens is 180 g/mol. The molecule has 1 fully saturated rings. The van der Waals surface area contributed by atoms with Gasteiger partial charge in [0.2, 0.25) is 0 Å². The van der Waals surface area contributed by atoms with E-state index in [1.165, 1.54) is 44.9 Å². The van der Waals surface area contributed by atoms with Crippen molar-refractivity contribution in [1.82, 2.24) is 0 Å². The quantitative estimate of drug-likeness (QED) is 0.573. The Morgan fingerprint density at radius 2 is 2.27 bits per heavy atom. The molecule has 0 aromatic carbocycles. The highest BCUT2D eigenvalue weighted by Crippen LogP contribution is 2.54. The van der Waals surface area contributed by atoms with Gasteiger partial charge in [-0.25, -0.2) is 0 Å². The summed E-state index contributed by atoms with van der Waals surface area (Å²) in [5, 5.41) is 0. The van der Waals surface area contributed by atoms with Crippen molar-refractivity contribution in [2.75, 3.05) is 0 Å². The molecule has 3 atom stereocenters. The number of fused-ring (bicyclic) bond motifs is 1. The third-order valence-corrected chi connectivity index (χ3v) is 4.93. The first-order chi connectivity index (χ1) is 7.18. The maximum Gasteiger partial charge on any atom is -0.00825 e. The fraction of sp³-hybridized carbons (Fsp3) is 0.867. The second-order valence-corrected chi connectivity index (χ2v) is 5.95. The zero-order chi connectivity index (χ0) is 10.9. The van der Waals surface area contributed by atoms with E-state index in [1.807, 2.05) is 5.57 Å². The highest BCUT2D eigenvalue weighted by Gasteiger charge is 2.43. The molecule has 0 spiro atoms. The Labute approximate surface area is 95.1 Å². The summed E-state index contributed by atoms with van der Waals surface area (Å²) in [7, 11) is 0. The second-order valence-electron chi connectivity index (χ2n) is 5.95. The van der Waals surface area contributed by atoms with Gasteiger partial charge in [-0.3, -0.25) is 0 Å². The van der Waals surface area contributed by atoms with Crippen LogP contribution in [-0.2, 0) is 0 Å². The summed E-state index contributed by atoms with van der Waals surface area (Å²) in [5.41, 5.74) is 2.40. The lowest BCUT2D eigenvalue weighted by molar-refractivity contribution is 0.165. The summed E-state index contributed by atoms with van der Waals surface area (Å²) in [6, 6.07) is 0. The Hall–Kier alpha value is -0.260. The largest absolute Gasteiger partial charge is 0.0842 e. The lowest BCUT2D eigenvalue weighted by Gasteiger charge is -2.41. The minimum atomic E-state index is 0.590. The van der Waals surface area contributed by atoms with Crippen LogP contribution in [0.1, 0.15) is 65.7 Å². The predicted octanol–water partition coefficient (Wildman–Crippen LogP) is 4.95. The van der Waals surface area contributed by atoms with Crippen molar-refractivity contribution in [1.29, 1.82) is 0 Å². The van der Waals surface area contributed by atoms with E-state index < -0.39 is 0 Å². The van der Waals surface area contributed by atoms with E-state index in [0.717, 1.165) is 11.8 Å². The summed E-state index contributed by atoms with van der Waals surface area (Å²) in [6.07, 6.45) is 12.6. The molecule has 0 bridgehead atoms. The van der Waals surface area contributed by atoms with Crippen LogP contribution in [0, 0.1) is 17.3 Å². The monoisotopic (exact) mass is 206 g/mol. The Kier molecular flexibility index (Phi) is 3.23. The van der Waals surface area contributed by atoms with Gasteiger partial charge in [0, 0.05) is 0 Å². The first kappa shape index (κ1) is 11.2. The lowest BCUT2D eigenvalue weighted by Crippen LogP contribution is -2.30. The van der Waals surface area contributed by atoms with Gasteiger partial charge in [-0.05, 0) is 42.9 Å². The van der Waals surface area contributed by atoms with E-state index in [2.05, 4.69) is 26.8 Å². The molecule has 86 valence electrons. The summed E-state index contributed by atoms with van der Waals surface area (Å²) < 4.78 is 0. The van der Waals surface area contributed by atoms with Crippen LogP contribution in [0.3, 0.4) is 0 Å². The summed E-state index contributed by atoms with van der Waals surface area (Å²) >= 11 is 0. The van der Waals surface area contributed by atoms with Crippen molar-refractivity contribution < 1.29 is 0 Å². The van der Waals surface area contributed by atoms with Gasteiger partial charge in [-0.2, -0.15) is 0 Å². The third-order valence-electron chi connectivity index (χ3n) is 4.93. The van der Waals surface area contributed by atoms with Gasteiger partial charge in [-0.15, -0.1) is 0 Å². The van der Waals surface area contributed by atoms with E-state index >= 15 is 0 Å². The fourth-order valence-corrected chi connectivity index (χ4v) is 4.02. The molecule has 1 saturated carbocycles. The van der Waals surface area contributed by atoms with E-state index in [9.17, 15) is 0 Å². The average Bonchev–Trinajstić information content (AvgIpc) is 2.55. The van der Waals surface area contributed by atoms with Gasteiger partial charge in [0.15, 0.2) is 0 Å². The molecule has 2 aliphatic carbocycles. The lowest BCUT2D eigenvalue weighted by atomic mass is 9.64. The molecule has 0 N–H and O–H groups in total. The molecule has 0 amide bonds. The molecule has 0 aromatic heterocycles. The molecule has 2 aliphatic rings. The van der Waals surface area contributed by atoms with Crippen LogP contribution >= 0.6 is 0 Å². The van der Waals surface area contributed by atoms with Gasteiger partial charge in [-0.1, -0.05) is 51.7 Å². The molecule has 0 aromatic rings. The van der Waals surface area contributed by atoms with Crippen molar-refractivity contribution in [3.05, 3.63) is 11.6 Å². The van der Waals surface area contributed by atoms with E-state index in [1.54, 1.807) is 0 Å². The van der Waals surface area contributed by atoms with Gasteiger partial charge < -0.3 is 0 Å². The normalized spacial score (nSPS) is 37.3.